The van der Waals surface area contributed by atoms with Crippen molar-refractivity contribution in [2.45, 2.75) is 20.8 Å². The Morgan fingerprint density at radius 2 is 1.80 bits per heavy atom. The molecule has 1 aliphatic rings. The van der Waals surface area contributed by atoms with Crippen LogP contribution in [0.1, 0.15) is 47.1 Å². The summed E-state index contributed by atoms with van der Waals surface area (Å²) in [5.74, 6) is -0.891. The van der Waals surface area contributed by atoms with Crippen LogP contribution in [0, 0.1) is 0 Å². The molecule has 0 spiro atoms. The van der Waals surface area contributed by atoms with Gasteiger partial charge in [-0.3, -0.25) is 14.4 Å². The van der Waals surface area contributed by atoms with Gasteiger partial charge in [-0.15, -0.1) is 0 Å². The number of fused-ring (bicyclic) bond motifs is 1. The lowest BCUT2D eigenvalue weighted by molar-refractivity contribution is -0.115. The number of aliphatic hydroxyl groups excluding tert-OH is 1. The lowest BCUT2D eigenvalue weighted by Crippen LogP contribution is -2.41. The molecule has 2 aromatic rings. The van der Waals surface area contributed by atoms with Crippen LogP contribution in [0.4, 0.5) is 11.4 Å². The molecule has 0 atom stereocenters. The van der Waals surface area contributed by atoms with E-state index in [1.807, 2.05) is 26.0 Å². The van der Waals surface area contributed by atoms with E-state index in [-0.39, 0.29) is 30.3 Å². The average molecular weight is 406 g/mol. The standard InChI is InChI=1S/C24H26N2O4/c1-4-25(5-2)21-11-10-17(14-19(21)16(3)28)15-20-23(29)18-8-6-7-9-22(18)26(12-13-27)24(20)30/h6-11,14-15,27H,4-5,12-13H2,1-3H3/b20-15+. The molecular formula is C24H26N2O4. The van der Waals surface area contributed by atoms with Crippen LogP contribution in [0.3, 0.4) is 0 Å². The fourth-order valence-electron chi connectivity index (χ4n) is 3.78. The Morgan fingerprint density at radius 3 is 2.43 bits per heavy atom. The molecule has 1 amide bonds. The van der Waals surface area contributed by atoms with E-state index in [0.717, 1.165) is 18.8 Å². The molecule has 6 heteroatoms. The Balaban J connectivity index is 2.10. The number of β-amino-alcohol motifs (C(OH)–C–C–N with tert-alkyl or cyclic N) is 1. The van der Waals surface area contributed by atoms with Gasteiger partial charge in [-0.05, 0) is 56.7 Å². The lowest BCUT2D eigenvalue weighted by atomic mass is 9.93. The predicted molar refractivity (Wildman–Crippen MR) is 118 cm³/mol. The van der Waals surface area contributed by atoms with Crippen molar-refractivity contribution in [2.75, 3.05) is 36.0 Å². The Hall–Kier alpha value is -3.25. The second-order valence-corrected chi connectivity index (χ2v) is 7.09. The Kier molecular flexibility index (Phi) is 6.47. The minimum absolute atomic E-state index is 0.0206. The zero-order chi connectivity index (χ0) is 21.8. The maximum Gasteiger partial charge on any atom is 0.262 e. The van der Waals surface area contributed by atoms with Crippen LogP contribution < -0.4 is 9.80 Å². The van der Waals surface area contributed by atoms with Crippen molar-refractivity contribution in [1.29, 1.82) is 0 Å². The largest absolute Gasteiger partial charge is 0.395 e. The van der Waals surface area contributed by atoms with Crippen molar-refractivity contribution in [3.63, 3.8) is 0 Å². The molecule has 156 valence electrons. The number of hydrogen-bond donors (Lipinski definition) is 1. The van der Waals surface area contributed by atoms with Crippen molar-refractivity contribution in [1.82, 2.24) is 0 Å². The number of anilines is 2. The van der Waals surface area contributed by atoms with Crippen LogP contribution in [0.2, 0.25) is 0 Å². The van der Waals surface area contributed by atoms with Gasteiger partial charge in [-0.1, -0.05) is 18.2 Å². The zero-order valence-corrected chi connectivity index (χ0v) is 17.5. The summed E-state index contributed by atoms with van der Waals surface area (Å²) < 4.78 is 0. The second kappa shape index (κ2) is 9.05. The first-order valence-electron chi connectivity index (χ1n) is 10.1. The molecule has 0 aromatic heterocycles. The summed E-state index contributed by atoms with van der Waals surface area (Å²) in [5, 5.41) is 9.39. The minimum Gasteiger partial charge on any atom is -0.395 e. The maximum atomic E-state index is 13.0. The van der Waals surface area contributed by atoms with Crippen molar-refractivity contribution in [3.8, 4) is 0 Å². The molecule has 0 radical (unpaired) electrons. The van der Waals surface area contributed by atoms with Gasteiger partial charge in [-0.25, -0.2) is 0 Å². The average Bonchev–Trinajstić information content (AvgIpc) is 2.75. The molecule has 0 aliphatic carbocycles. The Morgan fingerprint density at radius 1 is 1.10 bits per heavy atom. The molecular weight excluding hydrogens is 380 g/mol. The number of carbonyl (C=O) groups is 3. The number of nitrogens with zero attached hydrogens (tertiary/aromatic N) is 2. The van der Waals surface area contributed by atoms with E-state index in [1.54, 1.807) is 30.3 Å². The van der Waals surface area contributed by atoms with Crippen LogP contribution in [-0.2, 0) is 4.79 Å². The van der Waals surface area contributed by atoms with Gasteiger partial charge >= 0.3 is 0 Å². The fourth-order valence-corrected chi connectivity index (χ4v) is 3.78. The molecule has 0 saturated heterocycles. The van der Waals surface area contributed by atoms with Gasteiger partial charge in [0.15, 0.2) is 5.78 Å². The smallest absolute Gasteiger partial charge is 0.262 e. The van der Waals surface area contributed by atoms with Gasteiger partial charge in [0.05, 0.1) is 17.9 Å². The molecule has 1 aliphatic heterocycles. The Labute approximate surface area is 176 Å². The summed E-state index contributed by atoms with van der Waals surface area (Å²) in [6.45, 7) is 6.97. The highest BCUT2D eigenvalue weighted by Gasteiger charge is 2.34. The van der Waals surface area contributed by atoms with Gasteiger partial charge in [0.25, 0.3) is 5.91 Å². The lowest BCUT2D eigenvalue weighted by Gasteiger charge is -2.29. The number of amides is 1. The molecule has 0 bridgehead atoms. The van der Waals surface area contributed by atoms with Crippen LogP contribution >= 0.6 is 0 Å². The molecule has 30 heavy (non-hydrogen) atoms. The number of Topliss-reactive ketones (excluding diaryl/α,β-unsaturated/α-hetero) is 2. The van der Waals surface area contributed by atoms with E-state index < -0.39 is 5.91 Å². The monoisotopic (exact) mass is 406 g/mol. The summed E-state index contributed by atoms with van der Waals surface area (Å²) in [6, 6.07) is 12.3. The first kappa shape index (κ1) is 21.5. The van der Waals surface area contributed by atoms with Gasteiger partial charge in [-0.2, -0.15) is 0 Å². The zero-order valence-electron chi connectivity index (χ0n) is 17.5. The molecule has 0 fully saturated rings. The highest BCUT2D eigenvalue weighted by Crippen LogP contribution is 2.32. The van der Waals surface area contributed by atoms with Crippen LogP contribution in [-0.4, -0.2) is 48.8 Å². The van der Waals surface area contributed by atoms with Gasteiger partial charge < -0.3 is 14.9 Å². The number of aliphatic hydroxyl groups is 1. The predicted octanol–water partition coefficient (Wildman–Crippen LogP) is 3.34. The molecule has 3 rings (SSSR count). The molecule has 1 heterocycles. The van der Waals surface area contributed by atoms with Crippen LogP contribution in [0.15, 0.2) is 48.0 Å². The highest BCUT2D eigenvalue weighted by atomic mass is 16.3. The topological polar surface area (TPSA) is 77.9 Å². The van der Waals surface area contributed by atoms with E-state index in [9.17, 15) is 19.5 Å². The summed E-state index contributed by atoms with van der Waals surface area (Å²) in [7, 11) is 0. The third-order valence-electron chi connectivity index (χ3n) is 5.30. The fraction of sp³-hybridized carbons (Fsp3) is 0.292. The van der Waals surface area contributed by atoms with Crippen molar-refractivity contribution < 1.29 is 19.5 Å². The molecule has 2 aromatic carbocycles. The van der Waals surface area contributed by atoms with Crippen LogP contribution in [0.25, 0.3) is 6.08 Å². The Bertz CT molecular complexity index is 1020. The summed E-state index contributed by atoms with van der Waals surface area (Å²) in [4.78, 5) is 41.8. The summed E-state index contributed by atoms with van der Waals surface area (Å²) in [5.41, 5.74) is 2.94. The second-order valence-electron chi connectivity index (χ2n) is 7.09. The highest BCUT2D eigenvalue weighted by molar-refractivity contribution is 6.36. The first-order chi connectivity index (χ1) is 14.4. The van der Waals surface area contributed by atoms with Crippen molar-refractivity contribution in [3.05, 3.63) is 64.7 Å². The third-order valence-corrected chi connectivity index (χ3v) is 5.30. The quantitative estimate of drug-likeness (QED) is 0.433. The van der Waals surface area contributed by atoms with Crippen LogP contribution in [0.5, 0.6) is 0 Å². The van der Waals surface area contributed by atoms with Gasteiger partial charge in [0.1, 0.15) is 0 Å². The van der Waals surface area contributed by atoms with E-state index >= 15 is 0 Å². The minimum atomic E-state index is -0.454. The third kappa shape index (κ3) is 3.91. The van der Waals surface area contributed by atoms with Crippen molar-refractivity contribution >= 4 is 34.9 Å². The molecule has 1 N–H and O–H groups in total. The number of ketones is 2. The summed E-state index contributed by atoms with van der Waals surface area (Å²) >= 11 is 0. The number of para-hydroxylation sites is 1. The molecule has 0 saturated carbocycles. The molecule has 6 nitrogen and oxygen atoms in total. The van der Waals surface area contributed by atoms with E-state index in [4.69, 9.17) is 0 Å². The SMILES string of the molecule is CCN(CC)c1ccc(/C=C2\C(=O)c3ccccc3N(CCO)C2=O)cc1C(C)=O. The number of benzene rings is 2. The van der Waals surface area contributed by atoms with Crippen molar-refractivity contribution in [2.24, 2.45) is 0 Å². The number of hydrogen-bond acceptors (Lipinski definition) is 5. The van der Waals surface area contributed by atoms with E-state index in [2.05, 4.69) is 4.90 Å². The van der Waals surface area contributed by atoms with Gasteiger partial charge in [0, 0.05) is 36.4 Å². The normalized spacial score (nSPS) is 14.8. The van der Waals surface area contributed by atoms with E-state index in [0.29, 0.717) is 22.4 Å². The first-order valence-corrected chi connectivity index (χ1v) is 10.1. The van der Waals surface area contributed by atoms with Gasteiger partial charge in [0.2, 0.25) is 5.78 Å². The molecule has 0 unspecified atom stereocenters. The van der Waals surface area contributed by atoms with E-state index in [1.165, 1.54) is 17.9 Å². The summed E-state index contributed by atoms with van der Waals surface area (Å²) in [6.07, 6.45) is 1.53. The number of rotatable bonds is 7. The number of carbonyl (C=O) groups excluding carboxylic acids is 3. The maximum absolute atomic E-state index is 13.0.